The van der Waals surface area contributed by atoms with Gasteiger partial charge in [-0.05, 0) is 174 Å². The molecular formula is C31H28I4O3. The second-order valence-corrected chi connectivity index (χ2v) is 15.0. The maximum atomic E-state index is 10.5. The SMILES string of the molecule is Cc1cc(C(C)(c2ccc(C(C)(C)c3cc(I)c(O)c(I)c3)cc2)c2cc(C)c(O)c(I)c2)cc(I)c1O. The van der Waals surface area contributed by atoms with Crippen LogP contribution in [-0.2, 0) is 10.8 Å². The van der Waals surface area contributed by atoms with Crippen molar-refractivity contribution in [2.24, 2.45) is 0 Å². The monoisotopic (exact) mass is 956 g/mol. The molecule has 0 saturated heterocycles. The molecule has 0 radical (unpaired) electrons. The molecule has 0 atom stereocenters. The molecule has 3 N–H and O–H groups in total. The van der Waals surface area contributed by atoms with Crippen LogP contribution in [0.3, 0.4) is 0 Å². The molecule has 4 aromatic rings. The van der Waals surface area contributed by atoms with E-state index in [0.717, 1.165) is 47.7 Å². The molecule has 0 unspecified atom stereocenters. The summed E-state index contributed by atoms with van der Waals surface area (Å²) in [6, 6.07) is 21.1. The Balaban J connectivity index is 1.90. The van der Waals surface area contributed by atoms with Crippen molar-refractivity contribution in [2.75, 3.05) is 0 Å². The van der Waals surface area contributed by atoms with Gasteiger partial charge in [-0.2, -0.15) is 0 Å². The lowest BCUT2D eigenvalue weighted by molar-refractivity contribution is 0.465. The quantitative estimate of drug-likeness (QED) is 0.138. The van der Waals surface area contributed by atoms with E-state index >= 15 is 0 Å². The molecule has 0 fully saturated rings. The summed E-state index contributed by atoms with van der Waals surface area (Å²) in [6.07, 6.45) is 0. The Hall–Kier alpha value is -0.800. The summed E-state index contributed by atoms with van der Waals surface area (Å²) >= 11 is 8.76. The fourth-order valence-corrected chi connectivity index (χ4v) is 8.15. The van der Waals surface area contributed by atoms with Gasteiger partial charge in [0.1, 0.15) is 17.2 Å². The first-order valence-electron chi connectivity index (χ1n) is 12.0. The Bertz CT molecular complexity index is 1420. The van der Waals surface area contributed by atoms with E-state index in [-0.39, 0.29) is 5.41 Å². The highest BCUT2D eigenvalue weighted by atomic mass is 127. The standard InChI is InChI=1S/C31H28I4O3/c1-16-10-21(14-23(32)27(16)36)31(5,22-11-17(2)28(37)24(33)15-22)19-8-6-18(7-9-19)30(3,4)20-12-25(34)29(38)26(35)13-20/h6-15,36-38H,1-5H3. The van der Waals surface area contributed by atoms with Crippen molar-refractivity contribution in [1.82, 2.24) is 0 Å². The van der Waals surface area contributed by atoms with Gasteiger partial charge in [-0.3, -0.25) is 0 Å². The van der Waals surface area contributed by atoms with Crippen LogP contribution in [0.15, 0.2) is 60.7 Å². The van der Waals surface area contributed by atoms with Crippen molar-refractivity contribution >= 4 is 90.4 Å². The number of halogens is 4. The Morgan fingerprint density at radius 2 is 0.816 bits per heavy atom. The lowest BCUT2D eigenvalue weighted by Gasteiger charge is -2.34. The minimum absolute atomic E-state index is 0.266. The summed E-state index contributed by atoms with van der Waals surface area (Å²) in [5.41, 5.74) is 6.46. The van der Waals surface area contributed by atoms with Crippen molar-refractivity contribution < 1.29 is 15.3 Å². The number of benzene rings is 4. The van der Waals surface area contributed by atoms with E-state index < -0.39 is 5.41 Å². The lowest BCUT2D eigenvalue weighted by Crippen LogP contribution is -2.27. The Kier molecular flexibility index (Phi) is 8.91. The molecule has 0 bridgehead atoms. The lowest BCUT2D eigenvalue weighted by atomic mass is 9.69. The highest BCUT2D eigenvalue weighted by Gasteiger charge is 2.34. The fourth-order valence-electron chi connectivity index (χ4n) is 4.86. The molecular weight excluding hydrogens is 928 g/mol. The Morgan fingerprint density at radius 1 is 0.474 bits per heavy atom. The first-order valence-corrected chi connectivity index (χ1v) is 16.3. The second kappa shape index (κ2) is 11.2. The first kappa shape index (κ1) is 30.2. The molecule has 0 aromatic heterocycles. The van der Waals surface area contributed by atoms with Crippen molar-refractivity contribution in [3.8, 4) is 17.2 Å². The molecule has 7 heteroatoms. The molecule has 38 heavy (non-hydrogen) atoms. The molecule has 4 rings (SSSR count). The number of aromatic hydroxyl groups is 3. The number of hydrogen-bond acceptors (Lipinski definition) is 3. The molecule has 3 nitrogen and oxygen atoms in total. The average Bonchev–Trinajstić information content (AvgIpc) is 2.87. The van der Waals surface area contributed by atoms with Crippen LogP contribution in [0.2, 0.25) is 0 Å². The predicted octanol–water partition coefficient (Wildman–Crippen LogP) is 9.52. The van der Waals surface area contributed by atoms with E-state index in [2.05, 4.69) is 172 Å². The van der Waals surface area contributed by atoms with E-state index in [1.165, 1.54) is 5.56 Å². The predicted molar refractivity (Wildman–Crippen MR) is 189 cm³/mol. The van der Waals surface area contributed by atoms with Gasteiger partial charge in [0.2, 0.25) is 0 Å². The van der Waals surface area contributed by atoms with Crippen LogP contribution in [0, 0.1) is 28.1 Å². The summed E-state index contributed by atoms with van der Waals surface area (Å²) in [5, 5.41) is 31.3. The van der Waals surface area contributed by atoms with Crippen LogP contribution in [0.25, 0.3) is 0 Å². The van der Waals surface area contributed by atoms with E-state index in [4.69, 9.17) is 0 Å². The largest absolute Gasteiger partial charge is 0.507 e. The van der Waals surface area contributed by atoms with Gasteiger partial charge in [0.25, 0.3) is 0 Å². The molecule has 0 spiro atoms. The first-order chi connectivity index (χ1) is 17.7. The molecule has 4 aromatic carbocycles. The van der Waals surface area contributed by atoms with Crippen molar-refractivity contribution in [1.29, 1.82) is 0 Å². The third-order valence-electron chi connectivity index (χ3n) is 7.59. The van der Waals surface area contributed by atoms with Gasteiger partial charge in [0, 0.05) is 10.8 Å². The number of hydrogen-bond donors (Lipinski definition) is 3. The molecule has 0 aliphatic heterocycles. The van der Waals surface area contributed by atoms with E-state index in [1.807, 2.05) is 13.8 Å². The van der Waals surface area contributed by atoms with Gasteiger partial charge in [0.05, 0.1) is 14.3 Å². The maximum Gasteiger partial charge on any atom is 0.142 e. The summed E-state index contributed by atoms with van der Waals surface area (Å²) in [5.74, 6) is 0.946. The van der Waals surface area contributed by atoms with Crippen molar-refractivity contribution in [3.05, 3.63) is 114 Å². The van der Waals surface area contributed by atoms with Crippen LogP contribution in [0.1, 0.15) is 59.7 Å². The molecule has 0 aliphatic rings. The van der Waals surface area contributed by atoms with Crippen LogP contribution < -0.4 is 0 Å². The third kappa shape index (κ3) is 5.41. The number of phenols is 3. The van der Waals surface area contributed by atoms with Gasteiger partial charge < -0.3 is 15.3 Å². The zero-order chi connectivity index (χ0) is 28.2. The zero-order valence-electron chi connectivity index (χ0n) is 21.6. The van der Waals surface area contributed by atoms with E-state index in [0.29, 0.717) is 17.2 Å². The second-order valence-electron chi connectivity index (χ2n) is 10.4. The molecule has 198 valence electrons. The van der Waals surface area contributed by atoms with Crippen molar-refractivity contribution in [3.63, 3.8) is 0 Å². The highest BCUT2D eigenvalue weighted by molar-refractivity contribution is 14.1. The van der Waals surface area contributed by atoms with Crippen LogP contribution in [0.5, 0.6) is 17.2 Å². The minimum atomic E-state index is -0.525. The van der Waals surface area contributed by atoms with Gasteiger partial charge in [0.15, 0.2) is 0 Å². The van der Waals surface area contributed by atoms with Crippen LogP contribution in [0.4, 0.5) is 0 Å². The Labute approximate surface area is 279 Å². The van der Waals surface area contributed by atoms with E-state index in [9.17, 15) is 15.3 Å². The maximum absolute atomic E-state index is 10.5. The van der Waals surface area contributed by atoms with Crippen molar-refractivity contribution in [2.45, 2.75) is 45.4 Å². The fraction of sp³-hybridized carbons (Fsp3) is 0.226. The summed E-state index contributed by atoms with van der Waals surface area (Å²) in [6.45, 7) is 10.5. The average molecular weight is 956 g/mol. The van der Waals surface area contributed by atoms with Gasteiger partial charge in [-0.1, -0.05) is 50.2 Å². The molecule has 0 saturated carbocycles. The summed E-state index contributed by atoms with van der Waals surface area (Å²) < 4.78 is 3.30. The van der Waals surface area contributed by atoms with Gasteiger partial charge in [-0.25, -0.2) is 0 Å². The summed E-state index contributed by atoms with van der Waals surface area (Å²) in [7, 11) is 0. The van der Waals surface area contributed by atoms with E-state index in [1.54, 1.807) is 0 Å². The van der Waals surface area contributed by atoms with Gasteiger partial charge in [-0.15, -0.1) is 0 Å². The summed E-state index contributed by atoms with van der Waals surface area (Å²) in [4.78, 5) is 0. The van der Waals surface area contributed by atoms with Gasteiger partial charge >= 0.3 is 0 Å². The topological polar surface area (TPSA) is 60.7 Å². The molecule has 0 amide bonds. The highest BCUT2D eigenvalue weighted by Crippen LogP contribution is 2.44. The minimum Gasteiger partial charge on any atom is -0.507 e. The smallest absolute Gasteiger partial charge is 0.142 e. The number of phenolic OH excluding ortho intramolecular Hbond substituents is 3. The zero-order valence-corrected chi connectivity index (χ0v) is 30.3. The molecule has 0 heterocycles. The Morgan fingerprint density at radius 3 is 1.21 bits per heavy atom. The van der Waals surface area contributed by atoms with Crippen LogP contribution in [-0.4, -0.2) is 15.3 Å². The van der Waals surface area contributed by atoms with Crippen LogP contribution >= 0.6 is 90.4 Å². The molecule has 0 aliphatic carbocycles. The number of rotatable bonds is 5. The number of aryl methyl sites for hydroxylation is 2. The normalized spacial score (nSPS) is 12.1. The third-order valence-corrected chi connectivity index (χ3v) is 10.9.